The fraction of sp³-hybridized carbons (Fsp3) is 0.786. The van der Waals surface area contributed by atoms with Crippen LogP contribution in [0, 0.1) is 5.41 Å². The molecule has 0 saturated heterocycles. The number of carbonyl (C=O) groups excluding carboxylic acids is 1. The maximum Gasteiger partial charge on any atom is 0.315 e. The Balaban J connectivity index is 1.82. The largest absolute Gasteiger partial charge is 0.396 e. The molecule has 102 valence electrons. The first-order valence-electron chi connectivity index (χ1n) is 6.97. The van der Waals surface area contributed by atoms with E-state index in [0.717, 1.165) is 38.5 Å². The van der Waals surface area contributed by atoms with Gasteiger partial charge in [0.1, 0.15) is 0 Å². The van der Waals surface area contributed by atoms with E-state index in [-0.39, 0.29) is 30.1 Å². The van der Waals surface area contributed by atoms with Gasteiger partial charge in [-0.15, -0.1) is 0 Å². The minimum atomic E-state index is -0.149. The quantitative estimate of drug-likeness (QED) is 0.672. The molecule has 0 aromatic carbocycles. The van der Waals surface area contributed by atoms with Gasteiger partial charge in [-0.3, -0.25) is 0 Å². The molecule has 3 atom stereocenters. The third-order valence-corrected chi connectivity index (χ3v) is 4.35. The van der Waals surface area contributed by atoms with Crippen molar-refractivity contribution in [1.82, 2.24) is 10.6 Å². The monoisotopic (exact) mass is 252 g/mol. The lowest BCUT2D eigenvalue weighted by Gasteiger charge is -2.31. The molecular formula is C14H24N2O2. The van der Waals surface area contributed by atoms with Gasteiger partial charge in [0.2, 0.25) is 0 Å². The second-order valence-electron chi connectivity index (χ2n) is 5.86. The molecule has 0 spiro atoms. The first kappa shape index (κ1) is 13.4. The van der Waals surface area contributed by atoms with E-state index < -0.39 is 0 Å². The average molecular weight is 252 g/mol. The SMILES string of the molecule is CC1(CO)CCCC1NC(=O)NC1CC=CCC1. The Morgan fingerprint density at radius 3 is 2.89 bits per heavy atom. The van der Waals surface area contributed by atoms with Gasteiger partial charge in [-0.2, -0.15) is 0 Å². The highest BCUT2D eigenvalue weighted by atomic mass is 16.3. The summed E-state index contributed by atoms with van der Waals surface area (Å²) in [6.07, 6.45) is 10.3. The second-order valence-corrected chi connectivity index (χ2v) is 5.86. The molecule has 2 aliphatic rings. The van der Waals surface area contributed by atoms with Crippen molar-refractivity contribution in [3.8, 4) is 0 Å². The van der Waals surface area contributed by atoms with E-state index in [9.17, 15) is 9.90 Å². The van der Waals surface area contributed by atoms with Crippen LogP contribution in [0.15, 0.2) is 12.2 Å². The Morgan fingerprint density at radius 2 is 2.22 bits per heavy atom. The van der Waals surface area contributed by atoms with Crippen LogP contribution in [0.1, 0.15) is 45.4 Å². The third kappa shape index (κ3) is 3.05. The van der Waals surface area contributed by atoms with Crippen LogP contribution in [0.3, 0.4) is 0 Å². The molecule has 18 heavy (non-hydrogen) atoms. The Hall–Kier alpha value is -1.03. The van der Waals surface area contributed by atoms with Crippen LogP contribution in [-0.4, -0.2) is 29.8 Å². The molecule has 2 aliphatic carbocycles. The number of carbonyl (C=O) groups is 1. The number of urea groups is 1. The van der Waals surface area contributed by atoms with E-state index in [1.54, 1.807) is 0 Å². The number of aliphatic hydroxyl groups excluding tert-OH is 1. The van der Waals surface area contributed by atoms with Crippen molar-refractivity contribution >= 4 is 6.03 Å². The molecule has 2 amide bonds. The predicted octanol–water partition coefficient (Wildman–Crippen LogP) is 1.95. The number of aliphatic hydroxyl groups is 1. The highest BCUT2D eigenvalue weighted by molar-refractivity contribution is 5.74. The van der Waals surface area contributed by atoms with Crippen LogP contribution in [0.5, 0.6) is 0 Å². The molecule has 0 radical (unpaired) electrons. The van der Waals surface area contributed by atoms with Gasteiger partial charge in [0, 0.05) is 17.5 Å². The summed E-state index contributed by atoms with van der Waals surface area (Å²) in [6, 6.07) is 0.278. The molecule has 0 bridgehead atoms. The van der Waals surface area contributed by atoms with Crippen molar-refractivity contribution in [2.45, 2.75) is 57.5 Å². The summed E-state index contributed by atoms with van der Waals surface area (Å²) >= 11 is 0. The van der Waals surface area contributed by atoms with Crippen molar-refractivity contribution in [3.63, 3.8) is 0 Å². The van der Waals surface area contributed by atoms with Gasteiger partial charge in [-0.1, -0.05) is 25.5 Å². The third-order valence-electron chi connectivity index (χ3n) is 4.35. The molecule has 0 aromatic rings. The van der Waals surface area contributed by atoms with Crippen LogP contribution < -0.4 is 10.6 Å². The summed E-state index contributed by atoms with van der Waals surface area (Å²) in [7, 11) is 0. The fourth-order valence-electron chi connectivity index (χ4n) is 2.98. The molecule has 4 heteroatoms. The lowest BCUT2D eigenvalue weighted by molar-refractivity contribution is 0.120. The number of nitrogens with one attached hydrogen (secondary N) is 2. The number of hydrogen-bond donors (Lipinski definition) is 3. The molecule has 1 fully saturated rings. The standard InChI is InChI=1S/C14H24N2O2/c1-14(10-17)9-5-8-12(14)16-13(18)15-11-6-3-2-4-7-11/h2-3,11-12,17H,4-10H2,1H3,(H2,15,16,18). The molecule has 1 saturated carbocycles. The van der Waals surface area contributed by atoms with E-state index in [0.29, 0.717) is 0 Å². The number of hydrogen-bond acceptors (Lipinski definition) is 2. The molecule has 0 aliphatic heterocycles. The van der Waals surface area contributed by atoms with Gasteiger partial charge >= 0.3 is 6.03 Å². The maximum atomic E-state index is 11.9. The number of amides is 2. The second kappa shape index (κ2) is 5.74. The van der Waals surface area contributed by atoms with Gasteiger partial charge in [0.25, 0.3) is 0 Å². The Bertz CT molecular complexity index is 330. The van der Waals surface area contributed by atoms with Gasteiger partial charge in [0.05, 0.1) is 6.61 Å². The molecule has 0 heterocycles. The summed E-state index contributed by atoms with van der Waals surface area (Å²) in [6.45, 7) is 2.19. The van der Waals surface area contributed by atoms with Crippen molar-refractivity contribution in [3.05, 3.63) is 12.2 Å². The lowest BCUT2D eigenvalue weighted by atomic mass is 9.86. The van der Waals surface area contributed by atoms with Gasteiger partial charge in [0.15, 0.2) is 0 Å². The predicted molar refractivity (Wildman–Crippen MR) is 71.3 cm³/mol. The van der Waals surface area contributed by atoms with E-state index in [2.05, 4.69) is 22.8 Å². The summed E-state index contributed by atoms with van der Waals surface area (Å²) in [5, 5.41) is 15.5. The highest BCUT2D eigenvalue weighted by Crippen LogP contribution is 2.37. The van der Waals surface area contributed by atoms with Crippen LogP contribution in [0.2, 0.25) is 0 Å². The zero-order valence-corrected chi connectivity index (χ0v) is 11.1. The zero-order valence-electron chi connectivity index (χ0n) is 11.1. The fourth-order valence-corrected chi connectivity index (χ4v) is 2.98. The summed E-state index contributed by atoms with van der Waals surface area (Å²) < 4.78 is 0. The summed E-state index contributed by atoms with van der Waals surface area (Å²) in [5.74, 6) is 0. The summed E-state index contributed by atoms with van der Waals surface area (Å²) in [4.78, 5) is 11.9. The molecule has 4 nitrogen and oxygen atoms in total. The van der Waals surface area contributed by atoms with Crippen molar-refractivity contribution in [1.29, 1.82) is 0 Å². The van der Waals surface area contributed by atoms with Gasteiger partial charge in [-0.25, -0.2) is 4.79 Å². The molecule has 3 unspecified atom stereocenters. The Labute approximate surface area is 109 Å². The summed E-state index contributed by atoms with van der Waals surface area (Å²) in [5.41, 5.74) is -0.149. The van der Waals surface area contributed by atoms with Crippen LogP contribution in [-0.2, 0) is 0 Å². The average Bonchev–Trinajstić information content (AvgIpc) is 2.73. The van der Waals surface area contributed by atoms with Gasteiger partial charge < -0.3 is 15.7 Å². The van der Waals surface area contributed by atoms with Crippen molar-refractivity contribution < 1.29 is 9.90 Å². The Kier molecular flexibility index (Phi) is 4.27. The van der Waals surface area contributed by atoms with Crippen LogP contribution in [0.25, 0.3) is 0 Å². The van der Waals surface area contributed by atoms with E-state index in [4.69, 9.17) is 0 Å². The lowest BCUT2D eigenvalue weighted by Crippen LogP contribution is -2.51. The first-order chi connectivity index (χ1) is 8.64. The Morgan fingerprint density at radius 1 is 1.39 bits per heavy atom. The minimum Gasteiger partial charge on any atom is -0.396 e. The zero-order chi connectivity index (χ0) is 13.0. The molecule has 0 aromatic heterocycles. The molecule has 3 N–H and O–H groups in total. The molecule has 2 rings (SSSR count). The minimum absolute atomic E-state index is 0.0816. The van der Waals surface area contributed by atoms with E-state index in [1.807, 2.05) is 6.92 Å². The van der Waals surface area contributed by atoms with Crippen LogP contribution in [0.4, 0.5) is 4.79 Å². The maximum absolute atomic E-state index is 11.9. The van der Waals surface area contributed by atoms with E-state index >= 15 is 0 Å². The van der Waals surface area contributed by atoms with E-state index in [1.165, 1.54) is 0 Å². The normalized spacial score (nSPS) is 35.4. The molecular weight excluding hydrogens is 228 g/mol. The smallest absolute Gasteiger partial charge is 0.315 e. The topological polar surface area (TPSA) is 61.4 Å². The van der Waals surface area contributed by atoms with Crippen LogP contribution >= 0.6 is 0 Å². The van der Waals surface area contributed by atoms with Crippen molar-refractivity contribution in [2.75, 3.05) is 6.61 Å². The highest BCUT2D eigenvalue weighted by Gasteiger charge is 2.39. The first-order valence-corrected chi connectivity index (χ1v) is 6.97. The number of rotatable bonds is 3. The van der Waals surface area contributed by atoms with Crippen molar-refractivity contribution in [2.24, 2.45) is 5.41 Å². The van der Waals surface area contributed by atoms with Gasteiger partial charge in [-0.05, 0) is 32.1 Å². The number of allylic oxidation sites excluding steroid dienone is 1.